The second-order valence-electron chi connectivity index (χ2n) is 8.13. The number of fused-ring (bicyclic) bond motifs is 1. The van der Waals surface area contributed by atoms with Gasteiger partial charge in [0.15, 0.2) is 5.75 Å². The van der Waals surface area contributed by atoms with E-state index in [0.29, 0.717) is 32.9 Å². The van der Waals surface area contributed by atoms with E-state index >= 15 is 0 Å². The first-order valence-electron chi connectivity index (χ1n) is 11.0. The van der Waals surface area contributed by atoms with E-state index in [1.54, 1.807) is 18.2 Å². The Balaban J connectivity index is 1.34. The van der Waals surface area contributed by atoms with Crippen LogP contribution in [0.4, 0.5) is 4.79 Å². The molecule has 2 amide bonds. The lowest BCUT2D eigenvalue weighted by Crippen LogP contribution is -2.27. The number of amides is 2. The van der Waals surface area contributed by atoms with Gasteiger partial charge in [-0.05, 0) is 69.6 Å². The third-order valence-electron chi connectivity index (χ3n) is 5.70. The van der Waals surface area contributed by atoms with E-state index in [4.69, 9.17) is 27.9 Å². The molecule has 0 aromatic heterocycles. The van der Waals surface area contributed by atoms with Crippen molar-refractivity contribution in [2.45, 2.75) is 13.2 Å². The molecule has 1 aliphatic heterocycles. The smallest absolute Gasteiger partial charge is 0.293 e. The molecule has 0 spiro atoms. The number of rotatable bonds is 6. The fourth-order valence-corrected chi connectivity index (χ4v) is 5.64. The summed E-state index contributed by atoms with van der Waals surface area (Å²) in [6.45, 7) is 0.507. The zero-order valence-electron chi connectivity index (χ0n) is 18.7. The molecule has 0 atom stereocenters. The highest BCUT2D eigenvalue weighted by molar-refractivity contribution is 9.10. The normalized spacial score (nSPS) is 14.8. The Hall–Kier alpha value is -2.77. The van der Waals surface area contributed by atoms with Crippen molar-refractivity contribution in [2.24, 2.45) is 0 Å². The van der Waals surface area contributed by atoms with Crippen LogP contribution < -0.4 is 4.74 Å². The molecule has 0 radical (unpaired) electrons. The molecule has 36 heavy (non-hydrogen) atoms. The molecule has 0 N–H and O–H groups in total. The van der Waals surface area contributed by atoms with Crippen molar-refractivity contribution in [3.63, 3.8) is 0 Å². The van der Waals surface area contributed by atoms with Crippen LogP contribution in [-0.4, -0.2) is 16.0 Å². The quantitative estimate of drug-likeness (QED) is 0.208. The molecule has 0 aliphatic carbocycles. The number of halogens is 3. The summed E-state index contributed by atoms with van der Waals surface area (Å²) in [4.78, 5) is 27.4. The van der Waals surface area contributed by atoms with Crippen molar-refractivity contribution in [1.29, 1.82) is 0 Å². The molecule has 1 saturated heterocycles. The molecule has 5 rings (SSSR count). The number of hydrogen-bond acceptors (Lipinski definition) is 4. The molecule has 0 saturated carbocycles. The Morgan fingerprint density at radius 1 is 0.917 bits per heavy atom. The van der Waals surface area contributed by atoms with Gasteiger partial charge in [-0.25, -0.2) is 0 Å². The van der Waals surface area contributed by atoms with E-state index in [0.717, 1.165) is 38.1 Å². The van der Waals surface area contributed by atoms with Gasteiger partial charge in [0.05, 0.1) is 21.5 Å². The summed E-state index contributed by atoms with van der Waals surface area (Å²) in [7, 11) is 0. The Bertz CT molecular complexity index is 1490. The van der Waals surface area contributed by atoms with E-state index < -0.39 is 0 Å². The molecule has 1 heterocycles. The van der Waals surface area contributed by atoms with Gasteiger partial charge in [-0.2, -0.15) is 0 Å². The summed E-state index contributed by atoms with van der Waals surface area (Å²) < 4.78 is 6.82. The summed E-state index contributed by atoms with van der Waals surface area (Å²) >= 11 is 17.2. The Morgan fingerprint density at radius 3 is 2.36 bits per heavy atom. The second kappa shape index (κ2) is 10.7. The summed E-state index contributed by atoms with van der Waals surface area (Å²) in [6, 6.07) is 24.8. The van der Waals surface area contributed by atoms with Crippen LogP contribution in [-0.2, 0) is 17.9 Å². The van der Waals surface area contributed by atoms with Crippen LogP contribution in [0, 0.1) is 0 Å². The van der Waals surface area contributed by atoms with E-state index in [1.807, 2.05) is 66.7 Å². The lowest BCUT2D eigenvalue weighted by atomic mass is 10.0. The van der Waals surface area contributed by atoms with Crippen molar-refractivity contribution < 1.29 is 14.3 Å². The van der Waals surface area contributed by atoms with Crippen LogP contribution in [0.5, 0.6) is 5.75 Å². The Morgan fingerprint density at radius 2 is 1.61 bits per heavy atom. The first-order valence-corrected chi connectivity index (χ1v) is 13.3. The number of imide groups is 1. The number of benzene rings is 4. The average Bonchev–Trinajstić information content (AvgIpc) is 3.12. The van der Waals surface area contributed by atoms with Gasteiger partial charge in [-0.1, -0.05) is 93.7 Å². The van der Waals surface area contributed by atoms with Crippen molar-refractivity contribution in [2.75, 3.05) is 0 Å². The van der Waals surface area contributed by atoms with Crippen molar-refractivity contribution in [3.8, 4) is 5.75 Å². The molecule has 4 aromatic rings. The van der Waals surface area contributed by atoms with Gasteiger partial charge >= 0.3 is 0 Å². The van der Waals surface area contributed by atoms with Gasteiger partial charge in [-0.15, -0.1) is 0 Å². The van der Waals surface area contributed by atoms with Crippen molar-refractivity contribution in [1.82, 2.24) is 4.90 Å². The fraction of sp³-hybridized carbons (Fsp3) is 0.0714. The van der Waals surface area contributed by atoms with Gasteiger partial charge in [0, 0.05) is 4.47 Å². The number of nitrogens with zero attached hydrogens (tertiary/aromatic N) is 1. The van der Waals surface area contributed by atoms with Crippen molar-refractivity contribution in [3.05, 3.63) is 115 Å². The predicted molar refractivity (Wildman–Crippen MR) is 150 cm³/mol. The Kier molecular flexibility index (Phi) is 7.39. The molecule has 4 aromatic carbocycles. The minimum absolute atomic E-state index is 0.202. The number of hydrogen-bond donors (Lipinski definition) is 0. The molecular formula is C28H18BrCl2NO3S. The minimum atomic E-state index is -0.347. The highest BCUT2D eigenvalue weighted by atomic mass is 79.9. The molecule has 0 bridgehead atoms. The molecule has 180 valence electrons. The van der Waals surface area contributed by atoms with Crippen LogP contribution in [0.2, 0.25) is 10.0 Å². The molecule has 1 aliphatic rings. The van der Waals surface area contributed by atoms with Crippen LogP contribution in [0.1, 0.15) is 16.7 Å². The van der Waals surface area contributed by atoms with Gasteiger partial charge in [0.25, 0.3) is 11.1 Å². The molecule has 4 nitrogen and oxygen atoms in total. The summed E-state index contributed by atoms with van der Waals surface area (Å²) in [6.07, 6.45) is 1.63. The number of thioether (sulfide) groups is 1. The van der Waals surface area contributed by atoms with Crippen LogP contribution in [0.3, 0.4) is 0 Å². The van der Waals surface area contributed by atoms with E-state index in [2.05, 4.69) is 15.9 Å². The fourth-order valence-electron chi connectivity index (χ4n) is 3.93. The van der Waals surface area contributed by atoms with E-state index in [9.17, 15) is 9.59 Å². The lowest BCUT2D eigenvalue weighted by Gasteiger charge is -2.14. The van der Waals surface area contributed by atoms with Gasteiger partial charge in [0.2, 0.25) is 0 Å². The first-order chi connectivity index (χ1) is 17.4. The van der Waals surface area contributed by atoms with Crippen molar-refractivity contribution >= 4 is 78.9 Å². The third-order valence-corrected chi connectivity index (χ3v) is 7.69. The largest absolute Gasteiger partial charge is 0.486 e. The van der Waals surface area contributed by atoms with Crippen LogP contribution in [0.15, 0.2) is 88.2 Å². The van der Waals surface area contributed by atoms with E-state index in [1.165, 1.54) is 4.90 Å². The molecule has 0 unspecified atom stereocenters. The molecule has 8 heteroatoms. The monoisotopic (exact) mass is 597 g/mol. The maximum Gasteiger partial charge on any atom is 0.293 e. The van der Waals surface area contributed by atoms with Crippen LogP contribution >= 0.6 is 50.9 Å². The Labute approximate surface area is 231 Å². The average molecular weight is 599 g/mol. The zero-order valence-corrected chi connectivity index (χ0v) is 22.6. The first kappa shape index (κ1) is 24.9. The molecular weight excluding hydrogens is 581 g/mol. The zero-order chi connectivity index (χ0) is 25.2. The van der Waals surface area contributed by atoms with Gasteiger partial charge in [0.1, 0.15) is 6.61 Å². The number of carbonyl (C=O) groups excluding carboxylic acids is 2. The highest BCUT2D eigenvalue weighted by Crippen LogP contribution is 2.38. The predicted octanol–water partition coefficient (Wildman–Crippen LogP) is 8.72. The lowest BCUT2D eigenvalue weighted by molar-refractivity contribution is -0.123. The highest BCUT2D eigenvalue weighted by Gasteiger charge is 2.35. The number of ether oxygens (including phenoxy) is 1. The van der Waals surface area contributed by atoms with Gasteiger partial charge < -0.3 is 4.74 Å². The minimum Gasteiger partial charge on any atom is -0.486 e. The van der Waals surface area contributed by atoms with Gasteiger partial charge in [-0.3, -0.25) is 14.5 Å². The summed E-state index contributed by atoms with van der Waals surface area (Å²) in [5.74, 6) is 0.0169. The maximum atomic E-state index is 13.1. The number of carbonyl (C=O) groups is 2. The molecule has 1 fully saturated rings. The summed E-state index contributed by atoms with van der Waals surface area (Å²) in [5, 5.41) is 2.40. The standard InChI is InChI=1S/C28H18BrCl2NO3S/c29-21-10-8-17(9-11-21)16-35-26-23(30)12-18(13-24(26)31)14-25-27(33)32(28(34)36-25)15-20-6-3-5-19-4-1-2-7-22(19)20/h1-14H,15-16H2/b25-14+. The van der Waals surface area contributed by atoms with E-state index in [-0.39, 0.29) is 17.7 Å². The summed E-state index contributed by atoms with van der Waals surface area (Å²) in [5.41, 5.74) is 2.49. The topological polar surface area (TPSA) is 46.6 Å². The SMILES string of the molecule is O=C1S/C(=C/c2cc(Cl)c(OCc3ccc(Br)cc3)c(Cl)c2)C(=O)N1Cc1cccc2ccccc12. The van der Waals surface area contributed by atoms with Crippen LogP contribution in [0.25, 0.3) is 16.8 Å². The second-order valence-corrected chi connectivity index (χ2v) is 10.9. The maximum absolute atomic E-state index is 13.1. The third kappa shape index (κ3) is 5.32.